The van der Waals surface area contributed by atoms with Gasteiger partial charge in [0.15, 0.2) is 5.11 Å². The Bertz CT molecular complexity index is 772. The molecule has 0 saturated heterocycles. The highest BCUT2D eigenvalue weighted by Crippen LogP contribution is 2.41. The average Bonchev–Trinajstić information content (AvgIpc) is 2.55. The molecule has 132 valence electrons. The van der Waals surface area contributed by atoms with Crippen molar-refractivity contribution in [2.24, 2.45) is 0 Å². The fraction of sp³-hybridized carbons (Fsp3) is 0.350. The van der Waals surface area contributed by atoms with Crippen molar-refractivity contribution in [3.8, 4) is 11.5 Å². The summed E-state index contributed by atoms with van der Waals surface area (Å²) in [5, 5.41) is 7.29. The van der Waals surface area contributed by atoms with Gasteiger partial charge in [0.25, 0.3) is 0 Å². The minimum absolute atomic E-state index is 0.0788. The van der Waals surface area contributed by atoms with E-state index in [-0.39, 0.29) is 11.6 Å². The first-order chi connectivity index (χ1) is 11.9. The fourth-order valence-electron chi connectivity index (χ4n) is 3.05. The van der Waals surface area contributed by atoms with Gasteiger partial charge >= 0.3 is 0 Å². The van der Waals surface area contributed by atoms with Gasteiger partial charge in [-0.1, -0.05) is 17.7 Å². The molecule has 5 heteroatoms. The van der Waals surface area contributed by atoms with Crippen LogP contribution in [0.2, 0.25) is 0 Å². The van der Waals surface area contributed by atoms with E-state index in [1.807, 2.05) is 30.3 Å². The second kappa shape index (κ2) is 6.92. The molecule has 0 saturated carbocycles. The van der Waals surface area contributed by atoms with Crippen molar-refractivity contribution >= 4 is 23.0 Å². The quantitative estimate of drug-likeness (QED) is 0.787. The molecule has 3 rings (SSSR count). The van der Waals surface area contributed by atoms with Gasteiger partial charge in [-0.2, -0.15) is 0 Å². The Hall–Kier alpha value is -2.27. The molecule has 2 N–H and O–H groups in total. The van der Waals surface area contributed by atoms with Crippen LogP contribution in [-0.2, 0) is 0 Å². The van der Waals surface area contributed by atoms with E-state index in [0.29, 0.717) is 5.11 Å². The van der Waals surface area contributed by atoms with Gasteiger partial charge in [0.2, 0.25) is 0 Å². The van der Waals surface area contributed by atoms with E-state index < -0.39 is 0 Å². The molecule has 0 fully saturated rings. The third-order valence-electron chi connectivity index (χ3n) is 4.29. The summed E-state index contributed by atoms with van der Waals surface area (Å²) in [5.74, 6) is 1.63. The van der Waals surface area contributed by atoms with E-state index in [1.165, 1.54) is 5.56 Å². The molecule has 2 aromatic carbocycles. The van der Waals surface area contributed by atoms with Crippen LogP contribution in [0.3, 0.4) is 0 Å². The molecule has 0 aliphatic carbocycles. The first-order valence-corrected chi connectivity index (χ1v) is 8.78. The highest BCUT2D eigenvalue weighted by molar-refractivity contribution is 7.80. The van der Waals surface area contributed by atoms with Crippen molar-refractivity contribution in [2.75, 3.05) is 12.4 Å². The lowest BCUT2D eigenvalue weighted by Crippen LogP contribution is -2.42. The van der Waals surface area contributed by atoms with Crippen molar-refractivity contribution in [2.45, 2.75) is 38.8 Å². The highest BCUT2D eigenvalue weighted by atomic mass is 32.1. The molecule has 2 aromatic rings. The van der Waals surface area contributed by atoms with Gasteiger partial charge in [-0.3, -0.25) is 0 Å². The molecular weight excluding hydrogens is 332 g/mol. The monoisotopic (exact) mass is 356 g/mol. The van der Waals surface area contributed by atoms with Crippen LogP contribution < -0.4 is 20.1 Å². The number of rotatable bonds is 3. The van der Waals surface area contributed by atoms with Crippen LogP contribution in [0.15, 0.2) is 42.5 Å². The van der Waals surface area contributed by atoms with Gasteiger partial charge < -0.3 is 20.1 Å². The maximum Gasteiger partial charge on any atom is 0.171 e. The van der Waals surface area contributed by atoms with Crippen LogP contribution in [0.4, 0.5) is 5.69 Å². The van der Waals surface area contributed by atoms with E-state index >= 15 is 0 Å². The van der Waals surface area contributed by atoms with Gasteiger partial charge in [-0.05, 0) is 57.3 Å². The van der Waals surface area contributed by atoms with Crippen LogP contribution >= 0.6 is 12.2 Å². The summed E-state index contributed by atoms with van der Waals surface area (Å²) < 4.78 is 11.4. The molecule has 0 aromatic heterocycles. The lowest BCUT2D eigenvalue weighted by atomic mass is 9.89. The van der Waals surface area contributed by atoms with E-state index in [2.05, 4.69) is 43.5 Å². The summed E-state index contributed by atoms with van der Waals surface area (Å²) >= 11 is 5.51. The van der Waals surface area contributed by atoms with Gasteiger partial charge in [0.05, 0.1) is 13.2 Å². The largest absolute Gasteiger partial charge is 0.497 e. The Labute approximate surface area is 154 Å². The van der Waals surface area contributed by atoms with E-state index in [4.69, 9.17) is 21.7 Å². The third-order valence-corrected chi connectivity index (χ3v) is 4.51. The van der Waals surface area contributed by atoms with Gasteiger partial charge in [-0.25, -0.2) is 0 Å². The minimum Gasteiger partial charge on any atom is -0.497 e. The zero-order valence-electron chi connectivity index (χ0n) is 15.1. The Kier molecular flexibility index (Phi) is 4.86. The second-order valence-electron chi connectivity index (χ2n) is 6.99. The topological polar surface area (TPSA) is 42.5 Å². The predicted octanol–water partition coefficient (Wildman–Crippen LogP) is 4.59. The molecular formula is C20H24N2O2S. The second-order valence-corrected chi connectivity index (χ2v) is 7.39. The SMILES string of the molecule is COc1ccc2c(c1)OC(C)(C)C[C@@H]2NC(=S)Nc1ccc(C)cc1. The standard InChI is InChI=1S/C20H24N2O2S/c1-13-5-7-14(8-6-13)21-19(25)22-17-12-20(2,3)24-18-11-15(23-4)9-10-16(17)18/h5-11,17H,12H2,1-4H3,(H2,21,22,25)/t17-/m0/s1. The first kappa shape index (κ1) is 17.5. The van der Waals surface area contributed by atoms with E-state index in [0.717, 1.165) is 29.2 Å². The minimum atomic E-state index is -0.281. The van der Waals surface area contributed by atoms with Crippen molar-refractivity contribution in [3.63, 3.8) is 0 Å². The predicted molar refractivity (Wildman–Crippen MR) is 106 cm³/mol. The molecule has 1 aliphatic heterocycles. The van der Waals surface area contributed by atoms with Gasteiger partial charge in [0.1, 0.15) is 17.1 Å². The summed E-state index contributed by atoms with van der Waals surface area (Å²) in [6.07, 6.45) is 0.821. The molecule has 1 heterocycles. The van der Waals surface area contributed by atoms with Crippen molar-refractivity contribution < 1.29 is 9.47 Å². The average molecular weight is 356 g/mol. The fourth-order valence-corrected chi connectivity index (χ4v) is 3.31. The van der Waals surface area contributed by atoms with Crippen molar-refractivity contribution in [1.29, 1.82) is 0 Å². The number of hydrogen-bond acceptors (Lipinski definition) is 3. The first-order valence-electron chi connectivity index (χ1n) is 8.37. The third kappa shape index (κ3) is 4.23. The van der Waals surface area contributed by atoms with Gasteiger partial charge in [0, 0.05) is 23.7 Å². The number of anilines is 1. The summed E-state index contributed by atoms with van der Waals surface area (Å²) in [4.78, 5) is 0. The van der Waals surface area contributed by atoms with E-state index in [9.17, 15) is 0 Å². The molecule has 0 bridgehead atoms. The number of hydrogen-bond donors (Lipinski definition) is 2. The Morgan fingerprint density at radius 2 is 1.92 bits per heavy atom. The molecule has 25 heavy (non-hydrogen) atoms. The van der Waals surface area contributed by atoms with Crippen molar-refractivity contribution in [3.05, 3.63) is 53.6 Å². The smallest absolute Gasteiger partial charge is 0.171 e. The number of aryl methyl sites for hydroxylation is 1. The molecule has 0 amide bonds. The number of benzene rings is 2. The zero-order valence-corrected chi connectivity index (χ0v) is 15.9. The summed E-state index contributed by atoms with van der Waals surface area (Å²) in [6, 6.07) is 14.2. The van der Waals surface area contributed by atoms with Crippen LogP contribution in [0, 0.1) is 6.92 Å². The Balaban J connectivity index is 1.77. The normalized spacial score (nSPS) is 17.8. The zero-order chi connectivity index (χ0) is 18.0. The van der Waals surface area contributed by atoms with Crippen LogP contribution in [0.5, 0.6) is 11.5 Å². The number of fused-ring (bicyclic) bond motifs is 1. The van der Waals surface area contributed by atoms with E-state index in [1.54, 1.807) is 7.11 Å². The lowest BCUT2D eigenvalue weighted by Gasteiger charge is -2.38. The number of nitrogens with one attached hydrogen (secondary N) is 2. The summed E-state index contributed by atoms with van der Waals surface area (Å²) in [7, 11) is 1.66. The van der Waals surface area contributed by atoms with Gasteiger partial charge in [-0.15, -0.1) is 0 Å². The maximum absolute atomic E-state index is 6.12. The number of ether oxygens (including phenoxy) is 2. The molecule has 4 nitrogen and oxygen atoms in total. The molecule has 0 unspecified atom stereocenters. The number of thiocarbonyl (C=S) groups is 1. The summed E-state index contributed by atoms with van der Waals surface area (Å²) in [6.45, 7) is 6.23. The van der Waals surface area contributed by atoms with Crippen LogP contribution in [0.1, 0.15) is 37.4 Å². The maximum atomic E-state index is 6.12. The molecule has 0 radical (unpaired) electrons. The summed E-state index contributed by atoms with van der Waals surface area (Å²) in [5.41, 5.74) is 3.01. The Morgan fingerprint density at radius 3 is 2.60 bits per heavy atom. The Morgan fingerprint density at radius 1 is 1.20 bits per heavy atom. The highest BCUT2D eigenvalue weighted by Gasteiger charge is 2.34. The molecule has 1 atom stereocenters. The lowest BCUT2D eigenvalue weighted by molar-refractivity contribution is 0.0693. The van der Waals surface area contributed by atoms with Crippen molar-refractivity contribution in [1.82, 2.24) is 5.32 Å². The van der Waals surface area contributed by atoms with Crippen LogP contribution in [0.25, 0.3) is 0 Å². The van der Waals surface area contributed by atoms with Crippen LogP contribution in [-0.4, -0.2) is 17.8 Å². The molecule has 0 spiro atoms. The molecule has 1 aliphatic rings. The number of methoxy groups -OCH3 is 1.